The standard InChI is InChI=1S/C13H9N3O3S/c14-9-11-6-7-15-12(8-11)10-16-19-20(17,18)13-4-2-1-3-5-13/h1-8,10H/b16-10+. The molecule has 0 atom stereocenters. The normalized spacial score (nSPS) is 11.2. The Morgan fingerprint density at radius 3 is 2.70 bits per heavy atom. The summed E-state index contributed by atoms with van der Waals surface area (Å²) in [5.74, 6) is 0. The fourth-order valence-corrected chi connectivity index (χ4v) is 2.08. The zero-order chi connectivity index (χ0) is 14.4. The zero-order valence-corrected chi connectivity index (χ0v) is 11.0. The number of nitriles is 1. The van der Waals surface area contributed by atoms with E-state index in [1.807, 2.05) is 6.07 Å². The van der Waals surface area contributed by atoms with E-state index < -0.39 is 10.1 Å². The molecule has 0 saturated carbocycles. The number of rotatable bonds is 4. The molecule has 0 bridgehead atoms. The number of pyridine rings is 1. The van der Waals surface area contributed by atoms with E-state index in [1.165, 1.54) is 30.5 Å². The predicted octanol–water partition coefficient (Wildman–Crippen LogP) is 1.69. The van der Waals surface area contributed by atoms with Crippen LogP contribution in [0.4, 0.5) is 0 Å². The Labute approximate surface area is 116 Å². The van der Waals surface area contributed by atoms with Gasteiger partial charge in [0.15, 0.2) is 0 Å². The third-order valence-electron chi connectivity index (χ3n) is 2.27. The van der Waals surface area contributed by atoms with Crippen LogP contribution in [0.15, 0.2) is 58.7 Å². The minimum Gasteiger partial charge on any atom is -0.265 e. The monoisotopic (exact) mass is 287 g/mol. The van der Waals surface area contributed by atoms with Crippen LogP contribution in [0.5, 0.6) is 0 Å². The van der Waals surface area contributed by atoms with Crippen molar-refractivity contribution in [2.45, 2.75) is 4.90 Å². The van der Waals surface area contributed by atoms with Crippen molar-refractivity contribution in [3.05, 3.63) is 59.9 Å². The van der Waals surface area contributed by atoms with Gasteiger partial charge in [-0.1, -0.05) is 23.4 Å². The number of oxime groups is 1. The lowest BCUT2D eigenvalue weighted by Gasteiger charge is -2.00. The smallest absolute Gasteiger partial charge is 0.265 e. The van der Waals surface area contributed by atoms with Crippen molar-refractivity contribution in [3.8, 4) is 6.07 Å². The number of benzene rings is 1. The van der Waals surface area contributed by atoms with Crippen LogP contribution < -0.4 is 0 Å². The van der Waals surface area contributed by atoms with Gasteiger partial charge in [-0.25, -0.2) is 0 Å². The van der Waals surface area contributed by atoms with E-state index >= 15 is 0 Å². The molecule has 0 amide bonds. The van der Waals surface area contributed by atoms with Gasteiger partial charge in [-0.15, -0.1) is 0 Å². The van der Waals surface area contributed by atoms with Crippen molar-refractivity contribution in [2.24, 2.45) is 5.16 Å². The molecule has 1 aromatic heterocycles. The Morgan fingerprint density at radius 1 is 1.25 bits per heavy atom. The van der Waals surface area contributed by atoms with Crippen LogP contribution >= 0.6 is 0 Å². The second-order valence-corrected chi connectivity index (χ2v) is 5.19. The topological polar surface area (TPSA) is 92.4 Å². The molecular weight excluding hydrogens is 278 g/mol. The Bertz CT molecular complexity index is 765. The van der Waals surface area contributed by atoms with Gasteiger partial charge in [0.05, 0.1) is 23.5 Å². The maximum Gasteiger partial charge on any atom is 0.358 e. The molecule has 0 N–H and O–H groups in total. The van der Waals surface area contributed by atoms with Gasteiger partial charge in [-0.2, -0.15) is 13.7 Å². The molecule has 0 saturated heterocycles. The first kappa shape index (κ1) is 13.7. The molecule has 0 fully saturated rings. The van der Waals surface area contributed by atoms with E-state index in [0.717, 1.165) is 6.21 Å². The van der Waals surface area contributed by atoms with Gasteiger partial charge >= 0.3 is 10.1 Å². The van der Waals surface area contributed by atoms with E-state index in [9.17, 15) is 8.42 Å². The van der Waals surface area contributed by atoms with Crippen LogP contribution in [0, 0.1) is 11.3 Å². The van der Waals surface area contributed by atoms with E-state index in [4.69, 9.17) is 5.26 Å². The second kappa shape index (κ2) is 5.95. The van der Waals surface area contributed by atoms with Gasteiger partial charge < -0.3 is 0 Å². The first-order valence-electron chi connectivity index (χ1n) is 5.50. The predicted molar refractivity (Wildman–Crippen MR) is 71.3 cm³/mol. The Morgan fingerprint density at radius 2 is 2.00 bits per heavy atom. The molecule has 1 heterocycles. The maximum absolute atomic E-state index is 11.7. The van der Waals surface area contributed by atoms with Gasteiger partial charge in [-0.3, -0.25) is 9.27 Å². The summed E-state index contributed by atoms with van der Waals surface area (Å²) in [5.41, 5.74) is 0.722. The fourth-order valence-electron chi connectivity index (χ4n) is 1.35. The van der Waals surface area contributed by atoms with Crippen molar-refractivity contribution in [1.29, 1.82) is 5.26 Å². The lowest BCUT2D eigenvalue weighted by Crippen LogP contribution is -2.02. The van der Waals surface area contributed by atoms with Crippen molar-refractivity contribution in [3.63, 3.8) is 0 Å². The van der Waals surface area contributed by atoms with Crippen molar-refractivity contribution in [1.82, 2.24) is 4.98 Å². The number of hydrogen-bond acceptors (Lipinski definition) is 6. The van der Waals surface area contributed by atoms with Crippen LogP contribution in [0.1, 0.15) is 11.3 Å². The minimum absolute atomic E-state index is 0.0101. The van der Waals surface area contributed by atoms with Gasteiger partial charge in [0.2, 0.25) is 0 Å². The minimum atomic E-state index is -3.94. The Hall–Kier alpha value is -2.72. The molecule has 7 heteroatoms. The van der Waals surface area contributed by atoms with E-state index in [0.29, 0.717) is 11.3 Å². The molecule has 2 aromatic rings. The van der Waals surface area contributed by atoms with Gasteiger partial charge in [0.1, 0.15) is 4.90 Å². The van der Waals surface area contributed by atoms with Crippen molar-refractivity contribution in [2.75, 3.05) is 0 Å². The van der Waals surface area contributed by atoms with E-state index in [-0.39, 0.29) is 4.90 Å². The average Bonchev–Trinajstić information content (AvgIpc) is 2.48. The first-order chi connectivity index (χ1) is 9.62. The summed E-state index contributed by atoms with van der Waals surface area (Å²) in [6.45, 7) is 0. The van der Waals surface area contributed by atoms with Crippen LogP contribution in [0.2, 0.25) is 0 Å². The molecule has 2 rings (SSSR count). The van der Waals surface area contributed by atoms with Gasteiger partial charge in [0, 0.05) is 6.20 Å². The summed E-state index contributed by atoms with van der Waals surface area (Å²) >= 11 is 0. The molecule has 1 aromatic carbocycles. The lowest BCUT2D eigenvalue weighted by molar-refractivity contribution is 0.341. The summed E-state index contributed by atoms with van der Waals surface area (Å²) in [4.78, 5) is 3.91. The Kier molecular flexibility index (Phi) is 4.08. The summed E-state index contributed by atoms with van der Waals surface area (Å²) in [6.07, 6.45) is 2.55. The lowest BCUT2D eigenvalue weighted by atomic mass is 10.2. The zero-order valence-electron chi connectivity index (χ0n) is 10.2. The summed E-state index contributed by atoms with van der Waals surface area (Å²) < 4.78 is 28.0. The number of aromatic nitrogens is 1. The number of hydrogen-bond donors (Lipinski definition) is 0. The van der Waals surface area contributed by atoms with Crippen LogP contribution in [0.25, 0.3) is 0 Å². The van der Waals surface area contributed by atoms with Gasteiger partial charge in [0.25, 0.3) is 0 Å². The van der Waals surface area contributed by atoms with E-state index in [2.05, 4.69) is 14.4 Å². The second-order valence-electron chi connectivity index (χ2n) is 3.66. The number of nitrogens with zero attached hydrogens (tertiary/aromatic N) is 3. The highest BCUT2D eigenvalue weighted by Gasteiger charge is 2.14. The molecular formula is C13H9N3O3S. The molecule has 6 nitrogen and oxygen atoms in total. The van der Waals surface area contributed by atoms with Crippen molar-refractivity contribution < 1.29 is 12.7 Å². The Balaban J connectivity index is 2.12. The first-order valence-corrected chi connectivity index (χ1v) is 6.91. The largest absolute Gasteiger partial charge is 0.358 e. The molecule has 0 aliphatic heterocycles. The van der Waals surface area contributed by atoms with E-state index in [1.54, 1.807) is 18.2 Å². The highest BCUT2D eigenvalue weighted by atomic mass is 32.2. The summed E-state index contributed by atoms with van der Waals surface area (Å²) in [6, 6.07) is 12.6. The molecule has 0 aliphatic carbocycles. The van der Waals surface area contributed by atoms with Gasteiger partial charge in [-0.05, 0) is 24.3 Å². The summed E-state index contributed by atoms with van der Waals surface area (Å²) in [7, 11) is -3.94. The fraction of sp³-hybridized carbons (Fsp3) is 0. The molecule has 100 valence electrons. The maximum atomic E-state index is 11.7. The molecule has 0 spiro atoms. The molecule has 0 radical (unpaired) electrons. The molecule has 20 heavy (non-hydrogen) atoms. The summed E-state index contributed by atoms with van der Waals surface area (Å²) in [5, 5.41) is 12.1. The third-order valence-corrected chi connectivity index (χ3v) is 3.40. The highest BCUT2D eigenvalue weighted by molar-refractivity contribution is 7.86. The molecule has 0 aliphatic rings. The third kappa shape index (κ3) is 3.40. The van der Waals surface area contributed by atoms with Crippen molar-refractivity contribution >= 4 is 16.3 Å². The molecule has 0 unspecified atom stereocenters. The highest BCUT2D eigenvalue weighted by Crippen LogP contribution is 2.11. The quantitative estimate of drug-likeness (QED) is 0.630. The average molecular weight is 287 g/mol. The van der Waals surface area contributed by atoms with Crippen LogP contribution in [-0.2, 0) is 14.4 Å². The van der Waals surface area contributed by atoms with Crippen LogP contribution in [0.3, 0.4) is 0 Å². The SMILES string of the molecule is N#Cc1ccnc(/C=N/OS(=O)(=O)c2ccccc2)c1. The van der Waals surface area contributed by atoms with Crippen LogP contribution in [-0.4, -0.2) is 19.6 Å².